The highest BCUT2D eigenvalue weighted by Gasteiger charge is 2.11. The lowest BCUT2D eigenvalue weighted by Crippen LogP contribution is -2.26. The number of aliphatic hydroxyl groups is 1. The fourth-order valence-electron chi connectivity index (χ4n) is 1.18. The van der Waals surface area contributed by atoms with Gasteiger partial charge in [0.1, 0.15) is 0 Å². The van der Waals surface area contributed by atoms with Gasteiger partial charge in [0.25, 0.3) is 5.91 Å². The van der Waals surface area contributed by atoms with E-state index in [1.165, 1.54) is 12.4 Å². The second-order valence-corrected chi connectivity index (χ2v) is 4.90. The third-order valence-corrected chi connectivity index (χ3v) is 2.78. The summed E-state index contributed by atoms with van der Waals surface area (Å²) < 4.78 is 0. The third-order valence-electron chi connectivity index (χ3n) is 2.78. The zero-order chi connectivity index (χ0) is 15.0. The van der Waals surface area contributed by atoms with Crippen molar-refractivity contribution in [2.45, 2.75) is 32.7 Å². The molecule has 0 aliphatic rings. The average molecular weight is 276 g/mol. The molecule has 1 aromatic heterocycles. The number of aromatic nitrogens is 1. The number of pyridine rings is 1. The van der Waals surface area contributed by atoms with Crippen molar-refractivity contribution in [2.24, 2.45) is 9.98 Å². The highest BCUT2D eigenvalue weighted by molar-refractivity contribution is 5.94. The van der Waals surface area contributed by atoms with Gasteiger partial charge in [0.2, 0.25) is 0 Å². The molecule has 0 fully saturated rings. The molecule has 6 nitrogen and oxygen atoms in total. The monoisotopic (exact) mass is 276 g/mol. The van der Waals surface area contributed by atoms with Gasteiger partial charge in [0, 0.05) is 12.7 Å². The van der Waals surface area contributed by atoms with E-state index in [4.69, 9.17) is 5.11 Å². The Kier molecular flexibility index (Phi) is 6.03. The zero-order valence-electron chi connectivity index (χ0n) is 12.1. The van der Waals surface area contributed by atoms with Crippen LogP contribution in [0.5, 0.6) is 0 Å². The molecule has 0 aromatic carbocycles. The molecule has 0 saturated carbocycles. The number of nitrogens with one attached hydrogen (secondary N) is 1. The summed E-state index contributed by atoms with van der Waals surface area (Å²) in [7, 11) is 0. The molecule has 0 unspecified atom stereocenters. The van der Waals surface area contributed by atoms with Gasteiger partial charge < -0.3 is 10.4 Å². The van der Waals surface area contributed by atoms with Crippen LogP contribution >= 0.6 is 0 Å². The molecule has 1 heterocycles. The van der Waals surface area contributed by atoms with Crippen LogP contribution in [0.1, 0.15) is 37.6 Å². The maximum absolute atomic E-state index is 11.7. The number of aliphatic imine (C=N–C) groups is 2. The van der Waals surface area contributed by atoms with Gasteiger partial charge in [-0.05, 0) is 26.3 Å². The Morgan fingerprint density at radius 3 is 2.90 bits per heavy atom. The van der Waals surface area contributed by atoms with Gasteiger partial charge >= 0.3 is 0 Å². The maximum atomic E-state index is 11.7. The van der Waals surface area contributed by atoms with Gasteiger partial charge in [-0.25, -0.2) is 4.99 Å². The van der Waals surface area contributed by atoms with E-state index in [1.54, 1.807) is 6.07 Å². The van der Waals surface area contributed by atoms with Crippen molar-refractivity contribution in [3.05, 3.63) is 24.0 Å². The van der Waals surface area contributed by atoms with E-state index in [9.17, 15) is 4.79 Å². The van der Waals surface area contributed by atoms with Gasteiger partial charge in [-0.3, -0.25) is 9.78 Å². The second kappa shape index (κ2) is 7.53. The summed E-state index contributed by atoms with van der Waals surface area (Å²) >= 11 is 0. The number of aliphatic hydroxyl groups excluding tert-OH is 1. The largest absolute Gasteiger partial charge is 0.395 e. The highest BCUT2D eigenvalue weighted by atomic mass is 16.3. The number of rotatable bonds is 6. The predicted molar refractivity (Wildman–Crippen MR) is 77.5 cm³/mol. The minimum atomic E-state index is -0.297. The van der Waals surface area contributed by atoms with Gasteiger partial charge in [0.05, 0.1) is 35.6 Å². The van der Waals surface area contributed by atoms with Crippen LogP contribution in [0.3, 0.4) is 0 Å². The molecule has 0 aliphatic carbocycles. The number of carbonyl (C=O) groups is 1. The Morgan fingerprint density at radius 2 is 2.25 bits per heavy atom. The van der Waals surface area contributed by atoms with Crippen LogP contribution in [0.4, 0.5) is 5.69 Å². The third kappa shape index (κ3) is 5.30. The molecule has 0 saturated heterocycles. The number of carbonyl (C=O) groups excluding carboxylic acids is 1. The summed E-state index contributed by atoms with van der Waals surface area (Å²) in [5.41, 5.74) is 0.695. The lowest BCUT2D eigenvalue weighted by Gasteiger charge is -2.13. The minimum absolute atomic E-state index is 0.101. The average Bonchev–Trinajstić information content (AvgIpc) is 2.45. The van der Waals surface area contributed by atoms with Crippen LogP contribution in [-0.2, 0) is 0 Å². The molecular formula is C14H20N4O2. The molecule has 0 atom stereocenters. The molecular weight excluding hydrogens is 256 g/mol. The summed E-state index contributed by atoms with van der Waals surface area (Å²) in [5, 5.41) is 11.2. The number of amides is 1. The molecule has 0 spiro atoms. The molecule has 6 heteroatoms. The number of hydrogen-bond acceptors (Lipinski definition) is 5. The first-order valence-electron chi connectivity index (χ1n) is 6.50. The predicted octanol–water partition coefficient (Wildman–Crippen LogP) is 1.80. The standard InChI is InChI=1S/C14H20N4O2/c1-4-14(2,3)18-10-17-12-7-11(8-15-9-12)13(20)16-5-6-19/h7-9,19H,4-6H2,1-3H3,(H,16,20). The van der Waals surface area contributed by atoms with Crippen molar-refractivity contribution in [2.75, 3.05) is 13.2 Å². The summed E-state index contributed by atoms with van der Waals surface area (Å²) in [6.07, 6.45) is 3.86. The molecule has 1 aromatic rings. The summed E-state index contributed by atoms with van der Waals surface area (Å²) in [4.78, 5) is 23.9. The molecule has 0 bridgehead atoms. The smallest absolute Gasteiger partial charge is 0.253 e. The second-order valence-electron chi connectivity index (χ2n) is 4.90. The van der Waals surface area contributed by atoms with Crippen molar-refractivity contribution in [1.29, 1.82) is 0 Å². The molecule has 108 valence electrons. The van der Waals surface area contributed by atoms with Gasteiger partial charge in [-0.15, -0.1) is 0 Å². The Morgan fingerprint density at radius 1 is 1.50 bits per heavy atom. The summed E-state index contributed by atoms with van der Waals surface area (Å²) in [5.74, 6) is -0.297. The molecule has 2 N–H and O–H groups in total. The fraction of sp³-hybridized carbons (Fsp3) is 0.500. The molecule has 1 amide bonds. The van der Waals surface area contributed by atoms with Gasteiger partial charge in [-0.1, -0.05) is 6.92 Å². The van der Waals surface area contributed by atoms with Crippen molar-refractivity contribution in [3.8, 4) is 0 Å². The minimum Gasteiger partial charge on any atom is -0.395 e. The molecule has 20 heavy (non-hydrogen) atoms. The van der Waals surface area contributed by atoms with E-state index in [0.29, 0.717) is 11.3 Å². The first kappa shape index (κ1) is 16.0. The molecule has 1 rings (SSSR count). The first-order chi connectivity index (χ1) is 9.48. The Hall–Kier alpha value is -2.04. The van der Waals surface area contributed by atoms with Crippen LogP contribution in [0.2, 0.25) is 0 Å². The van der Waals surface area contributed by atoms with Crippen LogP contribution < -0.4 is 5.32 Å². The number of nitrogens with zero attached hydrogens (tertiary/aromatic N) is 3. The summed E-state index contributed by atoms with van der Waals surface area (Å²) in [6.45, 7) is 6.13. The van der Waals surface area contributed by atoms with Crippen LogP contribution in [0.15, 0.2) is 28.4 Å². The quantitative estimate of drug-likeness (QED) is 0.777. The van der Waals surface area contributed by atoms with E-state index in [2.05, 4.69) is 26.3 Å². The Bertz CT molecular complexity index is 520. The normalized spacial score (nSPS) is 10.6. The van der Waals surface area contributed by atoms with Crippen LogP contribution in [-0.4, -0.2) is 40.7 Å². The van der Waals surface area contributed by atoms with Crippen molar-refractivity contribution < 1.29 is 9.90 Å². The number of hydrogen-bond donors (Lipinski definition) is 2. The van der Waals surface area contributed by atoms with Crippen LogP contribution in [0.25, 0.3) is 0 Å². The first-order valence-corrected chi connectivity index (χ1v) is 6.50. The van der Waals surface area contributed by atoms with Crippen molar-refractivity contribution >= 4 is 17.6 Å². The zero-order valence-corrected chi connectivity index (χ0v) is 12.1. The SMILES string of the molecule is CCC(C)(C)N=C=Nc1cncc(C(=O)NCCO)c1. The van der Waals surface area contributed by atoms with E-state index >= 15 is 0 Å². The van der Waals surface area contributed by atoms with E-state index in [1.807, 2.05) is 20.8 Å². The lowest BCUT2D eigenvalue weighted by molar-refractivity contribution is 0.0944. The van der Waals surface area contributed by atoms with Gasteiger partial charge in [-0.2, -0.15) is 4.99 Å². The van der Waals surface area contributed by atoms with E-state index in [-0.39, 0.29) is 24.6 Å². The van der Waals surface area contributed by atoms with Crippen LogP contribution in [0, 0.1) is 0 Å². The molecule has 0 radical (unpaired) electrons. The van der Waals surface area contributed by atoms with Crippen molar-refractivity contribution in [1.82, 2.24) is 10.3 Å². The van der Waals surface area contributed by atoms with E-state index in [0.717, 1.165) is 6.42 Å². The lowest BCUT2D eigenvalue weighted by atomic mass is 10.0. The highest BCUT2D eigenvalue weighted by Crippen LogP contribution is 2.14. The topological polar surface area (TPSA) is 86.9 Å². The Labute approximate surface area is 118 Å². The maximum Gasteiger partial charge on any atom is 0.253 e. The Balaban J connectivity index is 2.83. The van der Waals surface area contributed by atoms with Crippen molar-refractivity contribution in [3.63, 3.8) is 0 Å². The molecule has 0 aliphatic heterocycles. The van der Waals surface area contributed by atoms with Gasteiger partial charge in [0.15, 0.2) is 0 Å². The van der Waals surface area contributed by atoms with E-state index < -0.39 is 0 Å². The summed E-state index contributed by atoms with van der Waals surface area (Å²) in [6, 6.07) is 4.24. The fourth-order valence-corrected chi connectivity index (χ4v) is 1.18.